The fraction of sp³-hybridized carbons (Fsp3) is 0.250. The number of hydrogen-bond acceptors (Lipinski definition) is 4. The summed E-state index contributed by atoms with van der Waals surface area (Å²) in [5, 5.41) is 12.7. The number of aryl methyl sites for hydroxylation is 1. The number of rotatable bonds is 5. The number of amides is 1. The fourth-order valence-electron chi connectivity index (χ4n) is 2.27. The summed E-state index contributed by atoms with van der Waals surface area (Å²) in [7, 11) is 0. The van der Waals surface area contributed by atoms with Gasteiger partial charge in [0.05, 0.1) is 17.3 Å². The van der Waals surface area contributed by atoms with Crippen molar-refractivity contribution in [2.45, 2.75) is 26.4 Å². The van der Waals surface area contributed by atoms with Crippen molar-refractivity contribution in [3.05, 3.63) is 57.0 Å². The number of nitrogens with zero attached hydrogens (tertiary/aromatic N) is 5. The highest BCUT2D eigenvalue weighted by molar-refractivity contribution is 6.36. The molecule has 0 aliphatic heterocycles. The number of aromatic nitrogens is 5. The van der Waals surface area contributed by atoms with Crippen LogP contribution in [-0.4, -0.2) is 30.5 Å². The van der Waals surface area contributed by atoms with Gasteiger partial charge in [0.2, 0.25) is 5.95 Å². The first-order chi connectivity index (χ1) is 12.3. The Bertz CT molecular complexity index is 912. The van der Waals surface area contributed by atoms with Crippen molar-refractivity contribution >= 4 is 46.7 Å². The van der Waals surface area contributed by atoms with Crippen LogP contribution in [0.2, 0.25) is 15.1 Å². The summed E-state index contributed by atoms with van der Waals surface area (Å²) in [5.74, 6) is -0.127. The van der Waals surface area contributed by atoms with Crippen molar-refractivity contribution in [2.75, 3.05) is 5.32 Å². The molecule has 0 spiro atoms. The van der Waals surface area contributed by atoms with Gasteiger partial charge in [0, 0.05) is 21.8 Å². The van der Waals surface area contributed by atoms with Gasteiger partial charge in [-0.1, -0.05) is 40.9 Å². The van der Waals surface area contributed by atoms with Gasteiger partial charge in [-0.2, -0.15) is 5.10 Å². The van der Waals surface area contributed by atoms with E-state index in [-0.39, 0.29) is 11.9 Å². The van der Waals surface area contributed by atoms with Crippen molar-refractivity contribution in [1.29, 1.82) is 0 Å². The first-order valence-corrected chi connectivity index (χ1v) is 8.83. The lowest BCUT2D eigenvalue weighted by molar-refractivity contribution is -0.119. The normalized spacial score (nSPS) is 12.2. The molecule has 10 heteroatoms. The zero-order valence-electron chi connectivity index (χ0n) is 13.9. The molecule has 136 valence electrons. The molecular weight excluding hydrogens is 399 g/mol. The van der Waals surface area contributed by atoms with Crippen molar-refractivity contribution in [1.82, 2.24) is 24.5 Å². The zero-order valence-corrected chi connectivity index (χ0v) is 16.2. The molecule has 0 bridgehead atoms. The van der Waals surface area contributed by atoms with Crippen LogP contribution >= 0.6 is 34.8 Å². The number of carbonyl (C=O) groups excluding carboxylic acids is 1. The molecular formula is C16H15Cl3N6O. The van der Waals surface area contributed by atoms with Crippen LogP contribution < -0.4 is 5.32 Å². The molecule has 0 saturated carbocycles. The van der Waals surface area contributed by atoms with Gasteiger partial charge in [-0.25, -0.2) is 9.67 Å². The van der Waals surface area contributed by atoms with E-state index in [0.717, 1.165) is 5.56 Å². The quantitative estimate of drug-likeness (QED) is 0.686. The van der Waals surface area contributed by atoms with Crippen molar-refractivity contribution in [2.24, 2.45) is 0 Å². The minimum atomic E-state index is -0.564. The molecule has 2 aromatic heterocycles. The summed E-state index contributed by atoms with van der Waals surface area (Å²) in [5.41, 5.74) is 1.39. The summed E-state index contributed by atoms with van der Waals surface area (Å²) in [6.45, 7) is 3.82. The molecule has 1 amide bonds. The Kier molecular flexibility index (Phi) is 5.50. The smallest absolute Gasteiger partial charge is 0.251 e. The highest BCUT2D eigenvalue weighted by atomic mass is 35.5. The van der Waals surface area contributed by atoms with E-state index in [1.807, 2.05) is 0 Å². The van der Waals surface area contributed by atoms with Crippen LogP contribution in [0.1, 0.15) is 24.2 Å². The van der Waals surface area contributed by atoms with Gasteiger partial charge < -0.3 is 0 Å². The lowest BCUT2D eigenvalue weighted by atomic mass is 10.2. The molecule has 0 saturated heterocycles. The minimum absolute atomic E-state index is 0.181. The Labute approximate surface area is 164 Å². The first kappa shape index (κ1) is 18.7. The maximum Gasteiger partial charge on any atom is 0.251 e. The Morgan fingerprint density at radius 1 is 1.19 bits per heavy atom. The van der Waals surface area contributed by atoms with E-state index < -0.39 is 6.04 Å². The molecule has 26 heavy (non-hydrogen) atoms. The van der Waals surface area contributed by atoms with Crippen molar-refractivity contribution < 1.29 is 4.79 Å². The largest absolute Gasteiger partial charge is 0.291 e. The Balaban J connectivity index is 1.69. The van der Waals surface area contributed by atoms with E-state index in [9.17, 15) is 4.79 Å². The molecule has 0 aliphatic rings. The SMILES string of the molecule is Cc1nn(C(C)C(=O)Nc2ncn(Cc3c(Cl)cccc3Cl)n2)cc1Cl. The average molecular weight is 414 g/mol. The first-order valence-electron chi connectivity index (χ1n) is 7.69. The molecule has 1 unspecified atom stereocenters. The predicted octanol–water partition coefficient (Wildman–Crippen LogP) is 3.99. The second kappa shape index (κ2) is 7.65. The summed E-state index contributed by atoms with van der Waals surface area (Å²) in [6.07, 6.45) is 3.10. The van der Waals surface area contributed by atoms with Crippen LogP contribution in [0.3, 0.4) is 0 Å². The van der Waals surface area contributed by atoms with Gasteiger partial charge in [-0.3, -0.25) is 14.8 Å². The van der Waals surface area contributed by atoms with Gasteiger partial charge in [-0.05, 0) is 26.0 Å². The lowest BCUT2D eigenvalue weighted by Crippen LogP contribution is -2.24. The number of hydrogen-bond donors (Lipinski definition) is 1. The van der Waals surface area contributed by atoms with E-state index in [2.05, 4.69) is 20.5 Å². The molecule has 3 rings (SSSR count). The van der Waals surface area contributed by atoms with Crippen LogP contribution in [-0.2, 0) is 11.3 Å². The Hall–Kier alpha value is -2.09. The van der Waals surface area contributed by atoms with E-state index >= 15 is 0 Å². The highest BCUT2D eigenvalue weighted by Crippen LogP contribution is 2.25. The third kappa shape index (κ3) is 4.00. The van der Waals surface area contributed by atoms with Gasteiger partial charge in [0.15, 0.2) is 0 Å². The van der Waals surface area contributed by atoms with Crippen molar-refractivity contribution in [3.8, 4) is 0 Å². The topological polar surface area (TPSA) is 77.6 Å². The fourth-order valence-corrected chi connectivity index (χ4v) is 2.92. The van der Waals surface area contributed by atoms with E-state index in [4.69, 9.17) is 34.8 Å². The van der Waals surface area contributed by atoms with Crippen molar-refractivity contribution in [3.63, 3.8) is 0 Å². The van der Waals surface area contributed by atoms with Gasteiger partial charge >= 0.3 is 0 Å². The second-order valence-corrected chi connectivity index (χ2v) is 6.90. The lowest BCUT2D eigenvalue weighted by Gasteiger charge is -2.10. The monoisotopic (exact) mass is 412 g/mol. The second-order valence-electron chi connectivity index (χ2n) is 5.67. The van der Waals surface area contributed by atoms with Crippen LogP contribution in [0.5, 0.6) is 0 Å². The predicted molar refractivity (Wildman–Crippen MR) is 101 cm³/mol. The van der Waals surface area contributed by atoms with Crippen LogP contribution in [0.15, 0.2) is 30.7 Å². The number of halogens is 3. The molecule has 7 nitrogen and oxygen atoms in total. The summed E-state index contributed by atoms with van der Waals surface area (Å²) in [4.78, 5) is 16.5. The standard InChI is InChI=1S/C16H15Cl3N6O/c1-9-14(19)7-25(22-9)10(2)15(26)21-16-20-8-24(23-16)6-11-12(17)4-3-5-13(11)18/h3-5,7-8,10H,6H2,1-2H3,(H,21,23,26). The number of nitrogens with one attached hydrogen (secondary N) is 1. The van der Waals surface area contributed by atoms with Gasteiger partial charge in [0.1, 0.15) is 12.4 Å². The molecule has 0 radical (unpaired) electrons. The van der Waals surface area contributed by atoms with Crippen LogP contribution in [0, 0.1) is 6.92 Å². The molecule has 1 N–H and O–H groups in total. The molecule has 1 atom stereocenters. The minimum Gasteiger partial charge on any atom is -0.291 e. The Morgan fingerprint density at radius 3 is 2.50 bits per heavy atom. The molecule has 0 aliphatic carbocycles. The van der Waals surface area contributed by atoms with E-state index in [1.165, 1.54) is 11.0 Å². The van der Waals surface area contributed by atoms with Gasteiger partial charge in [-0.15, -0.1) is 5.10 Å². The number of benzene rings is 1. The third-order valence-electron chi connectivity index (χ3n) is 3.79. The Morgan fingerprint density at radius 2 is 1.88 bits per heavy atom. The van der Waals surface area contributed by atoms with Crippen LogP contribution in [0.4, 0.5) is 5.95 Å². The van der Waals surface area contributed by atoms with E-state index in [0.29, 0.717) is 27.3 Å². The summed E-state index contributed by atoms with van der Waals surface area (Å²) in [6, 6.07) is 4.71. The average Bonchev–Trinajstić information content (AvgIpc) is 3.17. The van der Waals surface area contributed by atoms with Crippen LogP contribution in [0.25, 0.3) is 0 Å². The maximum absolute atomic E-state index is 12.4. The summed E-state index contributed by atoms with van der Waals surface area (Å²) < 4.78 is 3.04. The van der Waals surface area contributed by atoms with E-state index in [1.54, 1.807) is 42.9 Å². The molecule has 0 fully saturated rings. The third-order valence-corrected chi connectivity index (χ3v) is 4.87. The number of anilines is 1. The molecule has 2 heterocycles. The zero-order chi connectivity index (χ0) is 18.8. The molecule has 1 aromatic carbocycles. The van der Waals surface area contributed by atoms with Gasteiger partial charge in [0.25, 0.3) is 5.91 Å². The maximum atomic E-state index is 12.4. The molecule has 3 aromatic rings. The summed E-state index contributed by atoms with van der Waals surface area (Å²) >= 11 is 18.3. The number of carbonyl (C=O) groups is 1. The highest BCUT2D eigenvalue weighted by Gasteiger charge is 2.19.